The number of halogens is 3. The smallest absolute Gasteiger partial charge is 0.196 e. The summed E-state index contributed by atoms with van der Waals surface area (Å²) in [6.45, 7) is 0. The lowest BCUT2D eigenvalue weighted by molar-refractivity contribution is 0.448. The first-order valence-corrected chi connectivity index (χ1v) is 18.9. The number of anilines is 3. The predicted molar refractivity (Wildman–Crippen MR) is 230 cm³/mol. The zero-order valence-electron chi connectivity index (χ0n) is 30.4. The van der Waals surface area contributed by atoms with Crippen LogP contribution in [0.3, 0.4) is 0 Å². The van der Waals surface area contributed by atoms with Gasteiger partial charge in [0.2, 0.25) is 0 Å². The number of rotatable bonds is 6. The van der Waals surface area contributed by atoms with Crippen LogP contribution in [0.25, 0.3) is 82.1 Å². The highest BCUT2D eigenvalue weighted by Gasteiger charge is 2.23. The highest BCUT2D eigenvalue weighted by Crippen LogP contribution is 2.46. The molecule has 0 radical (unpaired) electrons. The number of hydrogen-bond donors (Lipinski definition) is 0. The van der Waals surface area contributed by atoms with Crippen LogP contribution in [-0.4, -0.2) is 4.57 Å². The molecule has 11 rings (SSSR count). The van der Waals surface area contributed by atoms with Crippen molar-refractivity contribution in [3.05, 3.63) is 206 Å². The number of hydrogen-bond acceptors (Lipinski definition) is 1. The fourth-order valence-corrected chi connectivity index (χ4v) is 8.76. The highest BCUT2D eigenvalue weighted by atomic mass is 19.2. The van der Waals surface area contributed by atoms with Gasteiger partial charge in [0.05, 0.1) is 16.7 Å². The maximum Gasteiger partial charge on any atom is 0.196 e. The van der Waals surface area contributed by atoms with Crippen LogP contribution < -0.4 is 4.90 Å². The third kappa shape index (κ3) is 5.13. The van der Waals surface area contributed by atoms with Crippen LogP contribution in [0.15, 0.2) is 188 Å². The van der Waals surface area contributed by atoms with Crippen LogP contribution in [0.2, 0.25) is 0 Å². The Morgan fingerprint density at radius 1 is 0.404 bits per heavy atom. The molecule has 57 heavy (non-hydrogen) atoms. The summed E-state index contributed by atoms with van der Waals surface area (Å²) < 4.78 is 46.3. The molecular formula is C52H31F3N2. The second kappa shape index (κ2) is 12.9. The van der Waals surface area contributed by atoms with E-state index in [0.29, 0.717) is 11.4 Å². The Bertz CT molecular complexity index is 3300. The van der Waals surface area contributed by atoms with Crippen molar-refractivity contribution < 1.29 is 13.2 Å². The first-order valence-electron chi connectivity index (χ1n) is 18.9. The van der Waals surface area contributed by atoms with Crippen LogP contribution in [0, 0.1) is 17.5 Å². The summed E-state index contributed by atoms with van der Waals surface area (Å²) in [6.07, 6.45) is 0. The maximum atomic E-state index is 15.3. The molecule has 0 N–H and O–H groups in total. The minimum atomic E-state index is -1.50. The van der Waals surface area contributed by atoms with Crippen molar-refractivity contribution in [3.63, 3.8) is 0 Å². The van der Waals surface area contributed by atoms with Gasteiger partial charge in [-0.1, -0.05) is 121 Å². The molecule has 0 saturated carbocycles. The highest BCUT2D eigenvalue weighted by molar-refractivity contribution is 6.33. The fraction of sp³-hybridized carbons (Fsp3) is 0. The third-order valence-electron chi connectivity index (χ3n) is 11.3. The lowest BCUT2D eigenvalue weighted by Crippen LogP contribution is -2.13. The van der Waals surface area contributed by atoms with E-state index in [0.717, 1.165) is 39.2 Å². The molecule has 5 heteroatoms. The minimum absolute atomic E-state index is 0.0777. The Balaban J connectivity index is 1.11. The van der Waals surface area contributed by atoms with E-state index in [1.807, 2.05) is 60.7 Å². The lowest BCUT2D eigenvalue weighted by Gasteiger charge is -2.26. The molecule has 1 heterocycles. The van der Waals surface area contributed by atoms with Crippen LogP contribution in [-0.2, 0) is 0 Å². The van der Waals surface area contributed by atoms with Crippen molar-refractivity contribution >= 4 is 71.2 Å². The Kier molecular flexibility index (Phi) is 7.45. The normalized spacial score (nSPS) is 11.8. The molecule has 270 valence electrons. The Labute approximate surface area is 326 Å². The molecule has 0 aliphatic carbocycles. The topological polar surface area (TPSA) is 8.17 Å². The quantitative estimate of drug-likeness (QED) is 0.122. The van der Waals surface area contributed by atoms with Gasteiger partial charge in [-0.25, -0.2) is 13.2 Å². The number of benzene rings is 10. The molecule has 0 unspecified atom stereocenters. The summed E-state index contributed by atoms with van der Waals surface area (Å²) in [5.41, 5.74) is 8.98. The average molecular weight is 741 g/mol. The number of para-hydroxylation sites is 2. The summed E-state index contributed by atoms with van der Waals surface area (Å²) in [7, 11) is 0. The van der Waals surface area contributed by atoms with E-state index in [4.69, 9.17) is 0 Å². The second-order valence-electron chi connectivity index (χ2n) is 14.5. The largest absolute Gasteiger partial charge is 0.309 e. The van der Waals surface area contributed by atoms with Gasteiger partial charge >= 0.3 is 0 Å². The molecule has 11 aromatic rings. The average Bonchev–Trinajstić information content (AvgIpc) is 3.60. The van der Waals surface area contributed by atoms with Gasteiger partial charge in [0.15, 0.2) is 17.5 Å². The first kappa shape index (κ1) is 33.0. The summed E-state index contributed by atoms with van der Waals surface area (Å²) in [5, 5.41) is 9.44. The van der Waals surface area contributed by atoms with E-state index in [2.05, 4.69) is 120 Å². The Hall–Kier alpha value is -7.37. The molecule has 0 atom stereocenters. The van der Waals surface area contributed by atoms with Crippen molar-refractivity contribution in [2.24, 2.45) is 0 Å². The Morgan fingerprint density at radius 2 is 1.04 bits per heavy atom. The van der Waals surface area contributed by atoms with Crippen molar-refractivity contribution in [1.29, 1.82) is 0 Å². The van der Waals surface area contributed by atoms with E-state index in [9.17, 15) is 8.78 Å². The summed E-state index contributed by atoms with van der Waals surface area (Å²) >= 11 is 0. The molecule has 0 spiro atoms. The van der Waals surface area contributed by atoms with Gasteiger partial charge in [-0.2, -0.15) is 0 Å². The second-order valence-corrected chi connectivity index (χ2v) is 14.5. The molecule has 0 aliphatic heterocycles. The number of fused-ring (bicyclic) bond motifs is 4. The first-order chi connectivity index (χ1) is 28.0. The van der Waals surface area contributed by atoms with E-state index >= 15 is 4.39 Å². The van der Waals surface area contributed by atoms with Gasteiger partial charge in [-0.05, 0) is 116 Å². The zero-order valence-corrected chi connectivity index (χ0v) is 30.4. The van der Waals surface area contributed by atoms with Crippen molar-refractivity contribution in [3.8, 4) is 27.9 Å². The predicted octanol–water partition coefficient (Wildman–Crippen LogP) is 14.9. The standard InChI is InChI=1S/C52H31F3N2/c53-45-27-29-47(51(55)50(45)54)56(37-12-6-2-7-13-37)39-22-16-33(17-23-39)40-24-18-34-19-26-42-49-36(20-25-41(40)48(34)49)31-44-43-30-35(32-10-4-1-5-11-32)21-28-46(43)57(52(42)44)38-14-8-3-9-15-38/h1-31H. The third-order valence-corrected chi connectivity index (χ3v) is 11.3. The zero-order chi connectivity index (χ0) is 38.2. The van der Waals surface area contributed by atoms with Gasteiger partial charge in [0, 0.05) is 33.2 Å². The molecule has 2 nitrogen and oxygen atoms in total. The van der Waals surface area contributed by atoms with Gasteiger partial charge in [0.25, 0.3) is 0 Å². The lowest BCUT2D eigenvalue weighted by atomic mass is 9.88. The molecule has 0 fully saturated rings. The van der Waals surface area contributed by atoms with E-state index in [1.165, 1.54) is 55.0 Å². The van der Waals surface area contributed by atoms with Gasteiger partial charge in [-0.3, -0.25) is 0 Å². The van der Waals surface area contributed by atoms with Crippen LogP contribution in [0.1, 0.15) is 0 Å². The van der Waals surface area contributed by atoms with Gasteiger partial charge in [-0.15, -0.1) is 0 Å². The molecule has 0 bridgehead atoms. The molecule has 1 aromatic heterocycles. The molecule has 0 saturated heterocycles. The SMILES string of the molecule is Fc1ccc(N(c2ccccc2)c2ccc(-c3ccc4ccc5c6c(ccc3c46)cc3c4cc(-c6ccccc6)ccc4n(-c4ccccc4)c35)cc2)c(F)c1F. The fourth-order valence-electron chi connectivity index (χ4n) is 8.76. The van der Waals surface area contributed by atoms with E-state index in [1.54, 1.807) is 4.90 Å². The van der Waals surface area contributed by atoms with Crippen molar-refractivity contribution in [2.45, 2.75) is 0 Å². The van der Waals surface area contributed by atoms with Gasteiger partial charge in [0.1, 0.15) is 0 Å². The molecule has 0 amide bonds. The summed E-state index contributed by atoms with van der Waals surface area (Å²) in [6, 6.07) is 62.7. The Morgan fingerprint density at radius 3 is 1.81 bits per heavy atom. The molecule has 10 aromatic carbocycles. The summed E-state index contributed by atoms with van der Waals surface area (Å²) in [5.74, 6) is -3.98. The molecular weight excluding hydrogens is 710 g/mol. The number of nitrogens with zero attached hydrogens (tertiary/aromatic N) is 2. The van der Waals surface area contributed by atoms with Crippen molar-refractivity contribution in [1.82, 2.24) is 4.57 Å². The van der Waals surface area contributed by atoms with E-state index < -0.39 is 17.5 Å². The van der Waals surface area contributed by atoms with Crippen LogP contribution in [0.4, 0.5) is 30.2 Å². The maximum absolute atomic E-state index is 15.3. The van der Waals surface area contributed by atoms with Crippen LogP contribution >= 0.6 is 0 Å². The van der Waals surface area contributed by atoms with E-state index in [-0.39, 0.29) is 5.69 Å². The van der Waals surface area contributed by atoms with Crippen LogP contribution in [0.5, 0.6) is 0 Å². The minimum Gasteiger partial charge on any atom is -0.309 e. The van der Waals surface area contributed by atoms with Gasteiger partial charge < -0.3 is 9.47 Å². The molecule has 0 aliphatic rings. The van der Waals surface area contributed by atoms with Crippen molar-refractivity contribution in [2.75, 3.05) is 4.90 Å². The monoisotopic (exact) mass is 740 g/mol. The number of aromatic nitrogens is 1. The summed E-state index contributed by atoms with van der Waals surface area (Å²) in [4.78, 5) is 1.60.